The number of hydrogen-bond donors (Lipinski definition) is 1. The van der Waals surface area contributed by atoms with Gasteiger partial charge in [-0.05, 0) is 78.4 Å². The number of aryl methyl sites for hydroxylation is 2. The molecule has 0 radical (unpaired) electrons. The standard InChI is InChI=1S/C31H33NO6/c1-17(2)20-8-11-22(12-9-20)32-28(21-10-13-24(36-5)26(16-21)38-7)27(30(34)31(32)35)29(33)23-14-19(4)25(37-6)15-18(23)3/h8-17,28,33H,1-7H3/b29-27+. The number of carbonyl (C=O) groups excluding carboxylic acids is 2. The van der Waals surface area contributed by atoms with Crippen molar-refractivity contribution in [2.75, 3.05) is 26.2 Å². The Labute approximate surface area is 223 Å². The average Bonchev–Trinajstić information content (AvgIpc) is 3.18. The summed E-state index contributed by atoms with van der Waals surface area (Å²) >= 11 is 0. The fourth-order valence-corrected chi connectivity index (χ4v) is 4.87. The summed E-state index contributed by atoms with van der Waals surface area (Å²) in [5.74, 6) is 0.212. The van der Waals surface area contributed by atoms with Crippen LogP contribution in [-0.4, -0.2) is 38.1 Å². The molecule has 1 fully saturated rings. The molecule has 38 heavy (non-hydrogen) atoms. The maximum atomic E-state index is 13.6. The third-order valence-electron chi connectivity index (χ3n) is 7.00. The van der Waals surface area contributed by atoms with E-state index in [1.54, 1.807) is 37.4 Å². The molecule has 198 valence electrons. The van der Waals surface area contributed by atoms with E-state index >= 15 is 0 Å². The zero-order chi connectivity index (χ0) is 27.7. The highest BCUT2D eigenvalue weighted by atomic mass is 16.5. The van der Waals surface area contributed by atoms with Gasteiger partial charge in [-0.25, -0.2) is 0 Å². The van der Waals surface area contributed by atoms with Crippen molar-refractivity contribution in [2.24, 2.45) is 0 Å². The van der Waals surface area contributed by atoms with Crippen LogP contribution in [-0.2, 0) is 9.59 Å². The lowest BCUT2D eigenvalue weighted by Gasteiger charge is -2.26. The summed E-state index contributed by atoms with van der Waals surface area (Å²) in [5, 5.41) is 11.6. The Kier molecular flexibility index (Phi) is 7.49. The van der Waals surface area contributed by atoms with Gasteiger partial charge in [-0.1, -0.05) is 32.0 Å². The van der Waals surface area contributed by atoms with Crippen molar-refractivity contribution >= 4 is 23.1 Å². The van der Waals surface area contributed by atoms with E-state index in [1.807, 2.05) is 38.1 Å². The van der Waals surface area contributed by atoms with Crippen molar-refractivity contribution < 1.29 is 28.9 Å². The zero-order valence-electron chi connectivity index (χ0n) is 22.8. The van der Waals surface area contributed by atoms with E-state index in [0.29, 0.717) is 45.5 Å². The van der Waals surface area contributed by atoms with E-state index in [4.69, 9.17) is 14.2 Å². The van der Waals surface area contributed by atoms with Crippen LogP contribution in [0.5, 0.6) is 17.2 Å². The highest BCUT2D eigenvalue weighted by Gasteiger charge is 2.47. The number of methoxy groups -OCH3 is 3. The first-order valence-electron chi connectivity index (χ1n) is 12.4. The van der Waals surface area contributed by atoms with Crippen LogP contribution >= 0.6 is 0 Å². The van der Waals surface area contributed by atoms with Gasteiger partial charge < -0.3 is 19.3 Å². The normalized spacial score (nSPS) is 16.7. The average molecular weight is 516 g/mol. The molecule has 1 amide bonds. The maximum absolute atomic E-state index is 13.6. The van der Waals surface area contributed by atoms with Gasteiger partial charge in [0.15, 0.2) is 11.5 Å². The third kappa shape index (κ3) is 4.60. The predicted octanol–water partition coefficient (Wildman–Crippen LogP) is 6.08. The van der Waals surface area contributed by atoms with Crippen molar-refractivity contribution in [3.63, 3.8) is 0 Å². The molecular weight excluding hydrogens is 482 g/mol. The lowest BCUT2D eigenvalue weighted by molar-refractivity contribution is -0.132. The second kappa shape index (κ2) is 10.6. The first kappa shape index (κ1) is 26.8. The number of anilines is 1. The van der Waals surface area contributed by atoms with Crippen LogP contribution in [0.25, 0.3) is 5.76 Å². The van der Waals surface area contributed by atoms with Crippen LogP contribution in [0.15, 0.2) is 60.2 Å². The molecule has 7 heteroatoms. The second-order valence-corrected chi connectivity index (χ2v) is 9.67. The number of benzene rings is 3. The molecule has 4 rings (SSSR count). The van der Waals surface area contributed by atoms with Gasteiger partial charge in [0.1, 0.15) is 11.5 Å². The Morgan fingerprint density at radius 2 is 1.45 bits per heavy atom. The highest BCUT2D eigenvalue weighted by molar-refractivity contribution is 6.51. The summed E-state index contributed by atoms with van der Waals surface area (Å²) in [4.78, 5) is 28.5. The number of rotatable bonds is 7. The lowest BCUT2D eigenvalue weighted by Crippen LogP contribution is -2.29. The number of Topliss-reactive ketones (excluding diaryl/α,β-unsaturated/α-hetero) is 1. The fourth-order valence-electron chi connectivity index (χ4n) is 4.87. The fraction of sp³-hybridized carbons (Fsp3) is 0.290. The van der Waals surface area contributed by atoms with Crippen molar-refractivity contribution in [1.29, 1.82) is 0 Å². The van der Waals surface area contributed by atoms with Crippen LogP contribution in [0, 0.1) is 13.8 Å². The van der Waals surface area contributed by atoms with Crippen molar-refractivity contribution in [3.8, 4) is 17.2 Å². The molecule has 0 bridgehead atoms. The van der Waals surface area contributed by atoms with Gasteiger partial charge in [0.25, 0.3) is 11.7 Å². The Balaban J connectivity index is 1.97. The SMILES string of the molecule is COc1cc(C)c(/C(O)=C2\C(=O)C(=O)N(c3ccc(C(C)C)cc3)C2c2ccc(OC)c(OC)c2)cc1C. The molecule has 0 aromatic heterocycles. The summed E-state index contributed by atoms with van der Waals surface area (Å²) < 4.78 is 16.3. The monoisotopic (exact) mass is 515 g/mol. The van der Waals surface area contributed by atoms with Crippen LogP contribution in [0.2, 0.25) is 0 Å². The lowest BCUT2D eigenvalue weighted by atomic mass is 9.92. The number of amides is 1. The van der Waals surface area contributed by atoms with Crippen molar-refractivity contribution in [1.82, 2.24) is 0 Å². The molecule has 1 aliphatic rings. The van der Waals surface area contributed by atoms with Gasteiger partial charge in [-0.15, -0.1) is 0 Å². The topological polar surface area (TPSA) is 85.3 Å². The summed E-state index contributed by atoms with van der Waals surface area (Å²) in [5.41, 5.74) is 4.23. The molecule has 1 N–H and O–H groups in total. The van der Waals surface area contributed by atoms with E-state index in [9.17, 15) is 14.7 Å². The van der Waals surface area contributed by atoms with Crippen molar-refractivity contribution in [2.45, 2.75) is 39.7 Å². The molecule has 0 saturated carbocycles. The van der Waals surface area contributed by atoms with Crippen LogP contribution in [0.4, 0.5) is 5.69 Å². The van der Waals surface area contributed by atoms with Gasteiger partial charge in [0.05, 0.1) is 32.9 Å². The molecule has 3 aromatic carbocycles. The quantitative estimate of drug-likeness (QED) is 0.233. The first-order chi connectivity index (χ1) is 18.1. The Hall–Kier alpha value is -4.26. The number of ether oxygens (including phenoxy) is 3. The van der Waals surface area contributed by atoms with Crippen LogP contribution in [0.3, 0.4) is 0 Å². The zero-order valence-corrected chi connectivity index (χ0v) is 22.8. The van der Waals surface area contributed by atoms with Gasteiger partial charge >= 0.3 is 0 Å². The number of aliphatic hydroxyl groups excluding tert-OH is 1. The van der Waals surface area contributed by atoms with Crippen LogP contribution < -0.4 is 19.1 Å². The molecule has 1 unspecified atom stereocenters. The molecule has 0 aliphatic carbocycles. The van der Waals surface area contributed by atoms with E-state index in [-0.39, 0.29) is 11.3 Å². The minimum atomic E-state index is -0.887. The van der Waals surface area contributed by atoms with Gasteiger partial charge in [-0.3, -0.25) is 14.5 Å². The first-order valence-corrected chi connectivity index (χ1v) is 12.4. The molecule has 1 atom stereocenters. The van der Waals surface area contributed by atoms with Gasteiger partial charge in [0.2, 0.25) is 0 Å². The summed E-state index contributed by atoms with van der Waals surface area (Å²) in [6.07, 6.45) is 0. The summed E-state index contributed by atoms with van der Waals surface area (Å²) in [6, 6.07) is 15.5. The largest absolute Gasteiger partial charge is 0.507 e. The molecule has 1 saturated heterocycles. The predicted molar refractivity (Wildman–Crippen MR) is 147 cm³/mol. The minimum Gasteiger partial charge on any atom is -0.507 e. The van der Waals surface area contributed by atoms with E-state index < -0.39 is 17.7 Å². The molecule has 1 aliphatic heterocycles. The van der Waals surface area contributed by atoms with E-state index in [0.717, 1.165) is 11.1 Å². The molecule has 3 aromatic rings. The second-order valence-electron chi connectivity index (χ2n) is 9.67. The Morgan fingerprint density at radius 1 is 0.816 bits per heavy atom. The number of carbonyl (C=O) groups is 2. The molecule has 7 nitrogen and oxygen atoms in total. The van der Waals surface area contributed by atoms with Gasteiger partial charge in [0, 0.05) is 11.3 Å². The summed E-state index contributed by atoms with van der Waals surface area (Å²) in [7, 11) is 4.63. The maximum Gasteiger partial charge on any atom is 0.300 e. The number of ketones is 1. The molecular formula is C31H33NO6. The highest BCUT2D eigenvalue weighted by Crippen LogP contribution is 2.45. The molecule has 1 heterocycles. The number of nitrogens with zero attached hydrogens (tertiary/aromatic N) is 1. The van der Waals surface area contributed by atoms with E-state index in [2.05, 4.69) is 13.8 Å². The van der Waals surface area contributed by atoms with E-state index in [1.165, 1.54) is 19.1 Å². The number of aliphatic hydroxyl groups is 1. The van der Waals surface area contributed by atoms with Crippen LogP contribution in [0.1, 0.15) is 53.6 Å². The smallest absolute Gasteiger partial charge is 0.300 e. The molecule has 0 spiro atoms. The number of hydrogen-bond acceptors (Lipinski definition) is 6. The Morgan fingerprint density at radius 3 is 2.03 bits per heavy atom. The van der Waals surface area contributed by atoms with Crippen molar-refractivity contribution in [3.05, 3.63) is 88.0 Å². The third-order valence-corrected chi connectivity index (χ3v) is 7.00. The Bertz CT molecular complexity index is 1420. The van der Waals surface area contributed by atoms with Gasteiger partial charge in [-0.2, -0.15) is 0 Å². The minimum absolute atomic E-state index is 0.00261. The summed E-state index contributed by atoms with van der Waals surface area (Å²) in [6.45, 7) is 7.85.